The van der Waals surface area contributed by atoms with Crippen molar-refractivity contribution in [1.29, 1.82) is 0 Å². The SMILES string of the molecule is COC(=O)CC(NC(=O)CN)c1cccc(OC(F)(F)F)c1. The van der Waals surface area contributed by atoms with E-state index in [1.54, 1.807) is 0 Å². The maximum atomic E-state index is 12.2. The van der Waals surface area contributed by atoms with Crippen molar-refractivity contribution in [3.8, 4) is 5.75 Å². The molecule has 1 atom stereocenters. The highest BCUT2D eigenvalue weighted by molar-refractivity contribution is 5.79. The minimum atomic E-state index is -4.84. The van der Waals surface area contributed by atoms with Gasteiger partial charge in [-0.3, -0.25) is 9.59 Å². The van der Waals surface area contributed by atoms with Gasteiger partial charge in [0.15, 0.2) is 0 Å². The number of rotatable bonds is 6. The molecule has 1 aromatic rings. The lowest BCUT2D eigenvalue weighted by Crippen LogP contribution is -2.35. The normalized spacial score (nSPS) is 12.4. The van der Waals surface area contributed by atoms with E-state index >= 15 is 0 Å². The molecule has 0 saturated heterocycles. The molecule has 0 radical (unpaired) electrons. The van der Waals surface area contributed by atoms with E-state index in [4.69, 9.17) is 5.73 Å². The highest BCUT2D eigenvalue weighted by Gasteiger charge is 2.31. The van der Waals surface area contributed by atoms with Gasteiger partial charge in [-0.1, -0.05) is 12.1 Å². The highest BCUT2D eigenvalue weighted by atomic mass is 19.4. The van der Waals surface area contributed by atoms with Gasteiger partial charge in [-0.2, -0.15) is 0 Å². The molecule has 0 aliphatic heterocycles. The Labute approximate surface area is 124 Å². The fourth-order valence-corrected chi connectivity index (χ4v) is 1.68. The number of benzene rings is 1. The van der Waals surface area contributed by atoms with E-state index < -0.39 is 30.0 Å². The first-order valence-corrected chi connectivity index (χ1v) is 6.17. The molecule has 9 heteroatoms. The Morgan fingerprint density at radius 3 is 2.59 bits per heavy atom. The van der Waals surface area contributed by atoms with E-state index in [2.05, 4.69) is 14.8 Å². The van der Waals surface area contributed by atoms with Crippen molar-refractivity contribution in [1.82, 2.24) is 5.32 Å². The van der Waals surface area contributed by atoms with Crippen molar-refractivity contribution >= 4 is 11.9 Å². The topological polar surface area (TPSA) is 90.7 Å². The molecule has 6 nitrogen and oxygen atoms in total. The van der Waals surface area contributed by atoms with Crippen LogP contribution in [-0.2, 0) is 14.3 Å². The van der Waals surface area contributed by atoms with Crippen molar-refractivity contribution in [2.24, 2.45) is 5.73 Å². The number of ether oxygens (including phenoxy) is 2. The smallest absolute Gasteiger partial charge is 0.469 e. The van der Waals surface area contributed by atoms with Gasteiger partial charge in [0.05, 0.1) is 26.1 Å². The standard InChI is InChI=1S/C13H15F3N2O4/c1-21-12(20)6-10(18-11(19)7-17)8-3-2-4-9(5-8)22-13(14,15)16/h2-5,10H,6-7,17H2,1H3,(H,18,19). The molecule has 1 amide bonds. The van der Waals surface area contributed by atoms with Crippen LogP contribution >= 0.6 is 0 Å². The van der Waals surface area contributed by atoms with Crippen molar-refractivity contribution in [2.45, 2.75) is 18.8 Å². The van der Waals surface area contributed by atoms with Crippen molar-refractivity contribution in [3.05, 3.63) is 29.8 Å². The van der Waals surface area contributed by atoms with Crippen LogP contribution in [0.3, 0.4) is 0 Å². The molecule has 0 spiro atoms. The van der Waals surface area contributed by atoms with E-state index in [9.17, 15) is 22.8 Å². The summed E-state index contributed by atoms with van der Waals surface area (Å²) in [5.41, 5.74) is 5.43. The van der Waals surface area contributed by atoms with Gasteiger partial charge < -0.3 is 20.5 Å². The van der Waals surface area contributed by atoms with Gasteiger partial charge in [0.1, 0.15) is 5.75 Å². The molecule has 0 saturated carbocycles. The summed E-state index contributed by atoms with van der Waals surface area (Å²) < 4.78 is 45.0. The lowest BCUT2D eigenvalue weighted by molar-refractivity contribution is -0.274. The maximum Gasteiger partial charge on any atom is 0.573 e. The first-order valence-electron chi connectivity index (χ1n) is 6.17. The summed E-state index contributed by atoms with van der Waals surface area (Å²) in [6.07, 6.45) is -5.09. The van der Waals surface area contributed by atoms with Crippen LogP contribution < -0.4 is 15.8 Å². The summed E-state index contributed by atoms with van der Waals surface area (Å²) >= 11 is 0. The molecule has 0 aliphatic carbocycles. The fourth-order valence-electron chi connectivity index (χ4n) is 1.68. The predicted octanol–water partition coefficient (Wildman–Crippen LogP) is 1.26. The zero-order valence-corrected chi connectivity index (χ0v) is 11.6. The largest absolute Gasteiger partial charge is 0.573 e. The number of nitrogens with two attached hydrogens (primary N) is 1. The second-order valence-electron chi connectivity index (χ2n) is 4.22. The molecular formula is C13H15F3N2O4. The molecular weight excluding hydrogens is 305 g/mol. The number of methoxy groups -OCH3 is 1. The van der Waals surface area contributed by atoms with E-state index in [0.717, 1.165) is 19.2 Å². The average Bonchev–Trinajstić information content (AvgIpc) is 2.44. The Kier molecular flexibility index (Phi) is 6.17. The third-order valence-corrected chi connectivity index (χ3v) is 2.61. The first-order chi connectivity index (χ1) is 10.2. The number of hydrogen-bond donors (Lipinski definition) is 2. The molecule has 22 heavy (non-hydrogen) atoms. The van der Waals surface area contributed by atoms with Crippen LogP contribution in [0, 0.1) is 0 Å². The van der Waals surface area contributed by atoms with E-state index in [0.29, 0.717) is 0 Å². The van der Waals surface area contributed by atoms with Gasteiger partial charge in [0.2, 0.25) is 5.91 Å². The minimum Gasteiger partial charge on any atom is -0.469 e. The van der Waals surface area contributed by atoms with Crippen molar-refractivity contribution in [3.63, 3.8) is 0 Å². The molecule has 1 unspecified atom stereocenters. The first kappa shape index (κ1) is 17.8. The van der Waals surface area contributed by atoms with Gasteiger partial charge in [-0.25, -0.2) is 0 Å². The lowest BCUT2D eigenvalue weighted by atomic mass is 10.0. The van der Waals surface area contributed by atoms with Crippen LogP contribution in [0.5, 0.6) is 5.75 Å². The summed E-state index contributed by atoms with van der Waals surface area (Å²) in [5.74, 6) is -1.65. The summed E-state index contributed by atoms with van der Waals surface area (Å²) in [7, 11) is 1.16. The van der Waals surface area contributed by atoms with Crippen LogP contribution in [0.4, 0.5) is 13.2 Å². The Hall–Kier alpha value is -2.29. The molecule has 0 aliphatic rings. The van der Waals surface area contributed by atoms with Crippen LogP contribution in [0.25, 0.3) is 0 Å². The third-order valence-electron chi connectivity index (χ3n) is 2.61. The summed E-state index contributed by atoms with van der Waals surface area (Å²) in [6.45, 7) is -0.323. The molecule has 122 valence electrons. The second kappa shape index (κ2) is 7.64. The predicted molar refractivity (Wildman–Crippen MR) is 69.7 cm³/mol. The number of amides is 1. The second-order valence-corrected chi connectivity index (χ2v) is 4.22. The van der Waals surface area contributed by atoms with E-state index in [1.807, 2.05) is 0 Å². The number of carbonyl (C=O) groups excluding carboxylic acids is 2. The molecule has 0 aromatic heterocycles. The zero-order chi connectivity index (χ0) is 16.8. The third kappa shape index (κ3) is 6.00. The summed E-state index contributed by atoms with van der Waals surface area (Å²) in [4.78, 5) is 22.7. The van der Waals surface area contributed by atoms with Crippen LogP contribution in [-0.4, -0.2) is 31.9 Å². The zero-order valence-electron chi connectivity index (χ0n) is 11.6. The number of hydrogen-bond acceptors (Lipinski definition) is 5. The lowest BCUT2D eigenvalue weighted by Gasteiger charge is -2.19. The number of halogens is 3. The maximum absolute atomic E-state index is 12.2. The van der Waals surface area contributed by atoms with E-state index in [1.165, 1.54) is 12.1 Å². The van der Waals surface area contributed by atoms with Gasteiger partial charge in [-0.15, -0.1) is 13.2 Å². The average molecular weight is 320 g/mol. The van der Waals surface area contributed by atoms with E-state index in [-0.39, 0.29) is 18.5 Å². The highest BCUT2D eigenvalue weighted by Crippen LogP contribution is 2.26. The fraction of sp³-hybridized carbons (Fsp3) is 0.385. The molecule has 1 rings (SSSR count). The molecule has 0 heterocycles. The Balaban J connectivity index is 2.99. The van der Waals surface area contributed by atoms with Gasteiger partial charge in [0, 0.05) is 0 Å². The Morgan fingerprint density at radius 1 is 1.36 bits per heavy atom. The summed E-state index contributed by atoms with van der Waals surface area (Å²) in [5, 5.41) is 2.44. The number of esters is 1. The Morgan fingerprint density at radius 2 is 2.05 bits per heavy atom. The van der Waals surface area contributed by atoms with Crippen molar-refractivity contribution < 1.29 is 32.2 Å². The van der Waals surface area contributed by atoms with Crippen molar-refractivity contribution in [2.75, 3.05) is 13.7 Å². The molecule has 1 aromatic carbocycles. The van der Waals surface area contributed by atoms with Crippen LogP contribution in [0.1, 0.15) is 18.0 Å². The Bertz CT molecular complexity index is 516. The van der Waals surface area contributed by atoms with Crippen LogP contribution in [0.2, 0.25) is 0 Å². The van der Waals surface area contributed by atoms with Gasteiger partial charge in [0.25, 0.3) is 0 Å². The van der Waals surface area contributed by atoms with Gasteiger partial charge in [-0.05, 0) is 17.7 Å². The molecule has 0 bridgehead atoms. The minimum absolute atomic E-state index is 0.252. The summed E-state index contributed by atoms with van der Waals surface area (Å²) in [6, 6.07) is 4.08. The quantitative estimate of drug-likeness (QED) is 0.770. The van der Waals surface area contributed by atoms with Gasteiger partial charge >= 0.3 is 12.3 Å². The number of nitrogens with one attached hydrogen (secondary N) is 1. The number of carbonyl (C=O) groups is 2. The van der Waals surface area contributed by atoms with Crippen LogP contribution in [0.15, 0.2) is 24.3 Å². The number of alkyl halides is 3. The molecule has 3 N–H and O–H groups in total. The molecule has 0 fully saturated rings. The monoisotopic (exact) mass is 320 g/mol.